The summed E-state index contributed by atoms with van der Waals surface area (Å²) in [5.74, 6) is -1.90. The van der Waals surface area contributed by atoms with Crippen LogP contribution in [0.2, 0.25) is 0 Å². The third-order valence-electron chi connectivity index (χ3n) is 8.54. The van der Waals surface area contributed by atoms with E-state index < -0.39 is 32.5 Å². The van der Waals surface area contributed by atoms with Crippen molar-refractivity contribution in [1.29, 1.82) is 0 Å². The molecule has 0 saturated carbocycles. The largest absolute Gasteiger partial charge is 1.00 e. The van der Waals surface area contributed by atoms with Gasteiger partial charge in [0.05, 0.1) is 29.2 Å². The van der Waals surface area contributed by atoms with Crippen molar-refractivity contribution in [2.75, 3.05) is 13.2 Å². The van der Waals surface area contributed by atoms with Gasteiger partial charge in [-0.1, -0.05) is 160 Å². The number of rotatable bonds is 31. The molecule has 0 atom stereocenters. The molecule has 0 bridgehead atoms. The van der Waals surface area contributed by atoms with Crippen LogP contribution in [0.25, 0.3) is 0 Å². The van der Waals surface area contributed by atoms with E-state index in [1.165, 1.54) is 128 Å². The summed E-state index contributed by atoms with van der Waals surface area (Å²) in [6, 6.07) is 3.54. The zero-order valence-electron chi connectivity index (χ0n) is 31.2. The van der Waals surface area contributed by atoms with Crippen LogP contribution in [-0.4, -0.2) is 38.1 Å². The fraction of sp³-hybridized carbons (Fsp3) is 0.700. The summed E-state index contributed by atoms with van der Waals surface area (Å²) in [5, 5.41) is 0. The molecule has 0 saturated heterocycles. The van der Waals surface area contributed by atoms with E-state index in [0.717, 1.165) is 31.7 Å². The quantitative estimate of drug-likeness (QED) is 0.0250. The molecule has 0 N–H and O–H groups in total. The second-order valence-corrected chi connectivity index (χ2v) is 14.2. The Hall–Kier alpha value is -1.45. The Balaban J connectivity index is 0.0000230. The zero-order chi connectivity index (χ0) is 35.1. The molecule has 7 nitrogen and oxygen atoms in total. The third-order valence-corrected chi connectivity index (χ3v) is 9.42. The fourth-order valence-electron chi connectivity index (χ4n) is 5.68. The number of hydrogen-bond acceptors (Lipinski definition) is 7. The van der Waals surface area contributed by atoms with Crippen molar-refractivity contribution >= 4 is 22.1 Å². The van der Waals surface area contributed by atoms with Gasteiger partial charge in [0.2, 0.25) is 0 Å². The van der Waals surface area contributed by atoms with Crippen molar-refractivity contribution < 1.29 is 61.6 Å². The van der Waals surface area contributed by atoms with Crippen LogP contribution in [0.3, 0.4) is 0 Å². The second kappa shape index (κ2) is 32.5. The van der Waals surface area contributed by atoms with Crippen LogP contribution in [-0.2, 0) is 19.6 Å². The summed E-state index contributed by atoms with van der Waals surface area (Å²) < 4.78 is 46.4. The maximum absolute atomic E-state index is 12.9. The molecule has 0 unspecified atom stereocenters. The molecule has 0 aliphatic heterocycles. The van der Waals surface area contributed by atoms with Gasteiger partial charge in [-0.15, -0.1) is 0 Å². The molecule has 0 radical (unpaired) electrons. The van der Waals surface area contributed by atoms with Crippen LogP contribution in [0, 0.1) is 0 Å². The Kier molecular flexibility index (Phi) is 31.5. The summed E-state index contributed by atoms with van der Waals surface area (Å²) >= 11 is 0. The molecule has 274 valence electrons. The molecular weight excluding hydrogens is 647 g/mol. The number of ether oxygens (including phenoxy) is 2. The van der Waals surface area contributed by atoms with Crippen molar-refractivity contribution in [2.24, 2.45) is 0 Å². The number of esters is 2. The van der Waals surface area contributed by atoms with Gasteiger partial charge < -0.3 is 14.0 Å². The SMILES string of the molecule is CCCCCCCCCCCC/C=C/CCOC(=O)c1cccc(S(=O)(=O)[O-])c1C(=O)OCC/C=C/CCCCCCCCCCCC.[Na+]. The van der Waals surface area contributed by atoms with Gasteiger partial charge in [-0.05, 0) is 50.7 Å². The van der Waals surface area contributed by atoms with E-state index in [1.807, 2.05) is 12.2 Å². The van der Waals surface area contributed by atoms with E-state index in [9.17, 15) is 22.6 Å². The van der Waals surface area contributed by atoms with Gasteiger partial charge in [0.1, 0.15) is 10.1 Å². The minimum Gasteiger partial charge on any atom is -0.744 e. The van der Waals surface area contributed by atoms with Gasteiger partial charge in [-0.2, -0.15) is 0 Å². The summed E-state index contributed by atoms with van der Waals surface area (Å²) in [6.07, 6.45) is 36.6. The molecule has 0 heterocycles. The molecule has 0 amide bonds. The van der Waals surface area contributed by atoms with Gasteiger partial charge in [0.15, 0.2) is 0 Å². The minimum atomic E-state index is -5.03. The summed E-state index contributed by atoms with van der Waals surface area (Å²) in [7, 11) is -5.03. The maximum Gasteiger partial charge on any atom is 1.00 e. The predicted molar refractivity (Wildman–Crippen MR) is 195 cm³/mol. The number of hydrogen-bond donors (Lipinski definition) is 0. The number of carbonyl (C=O) groups is 2. The van der Waals surface area contributed by atoms with Crippen molar-refractivity contribution in [3.63, 3.8) is 0 Å². The van der Waals surface area contributed by atoms with E-state index >= 15 is 0 Å². The van der Waals surface area contributed by atoms with Crippen LogP contribution in [0.15, 0.2) is 47.4 Å². The smallest absolute Gasteiger partial charge is 0.744 e. The average Bonchev–Trinajstić information content (AvgIpc) is 3.07. The molecule has 0 aliphatic carbocycles. The van der Waals surface area contributed by atoms with Gasteiger partial charge in [-0.3, -0.25) is 0 Å². The number of benzene rings is 1. The molecule has 1 rings (SSSR count). The Labute approximate surface area is 321 Å². The Bertz CT molecular complexity index is 1150. The normalized spacial score (nSPS) is 11.7. The third kappa shape index (κ3) is 25.2. The summed E-state index contributed by atoms with van der Waals surface area (Å²) in [5.41, 5.74) is -0.855. The van der Waals surface area contributed by atoms with E-state index in [1.54, 1.807) is 0 Å². The van der Waals surface area contributed by atoms with Crippen LogP contribution in [0.1, 0.15) is 189 Å². The Morgan fingerprint density at radius 3 is 1.35 bits per heavy atom. The number of carbonyl (C=O) groups excluding carboxylic acids is 2. The van der Waals surface area contributed by atoms with Crippen LogP contribution < -0.4 is 29.6 Å². The van der Waals surface area contributed by atoms with Gasteiger partial charge >= 0.3 is 41.5 Å². The number of allylic oxidation sites excluding steroid dienone is 2. The standard InChI is InChI=1S/C40H66O7S.Na/c1-3-5-7-9-11-13-15-17-19-21-23-25-27-29-34-46-39(41)36-32-31-33-37(48(43,44)45)38(36)40(42)47-35-30-28-26-24-22-20-18-16-14-12-10-8-6-4-2;/h25-28,31-33H,3-24,29-30,34-35H2,1-2H3,(H,43,44,45);/q;+1/p-1/b27-25+,28-26+;. The molecule has 0 spiro atoms. The van der Waals surface area contributed by atoms with E-state index in [-0.39, 0.29) is 48.3 Å². The first kappa shape index (κ1) is 47.5. The van der Waals surface area contributed by atoms with Gasteiger partial charge in [-0.25, -0.2) is 18.0 Å². The van der Waals surface area contributed by atoms with E-state index in [0.29, 0.717) is 12.8 Å². The second-order valence-electron chi connectivity index (χ2n) is 12.9. The molecule has 1 aromatic carbocycles. The van der Waals surface area contributed by atoms with Crippen molar-refractivity contribution in [3.05, 3.63) is 53.6 Å². The molecule has 49 heavy (non-hydrogen) atoms. The molecule has 0 fully saturated rings. The zero-order valence-corrected chi connectivity index (χ0v) is 34.0. The minimum absolute atomic E-state index is 0. The molecular formula is C40H65NaO7S. The van der Waals surface area contributed by atoms with Crippen LogP contribution in [0.5, 0.6) is 0 Å². The predicted octanol–water partition coefficient (Wildman–Crippen LogP) is 8.42. The average molecular weight is 713 g/mol. The first-order valence-electron chi connectivity index (χ1n) is 19.1. The first-order valence-corrected chi connectivity index (χ1v) is 20.5. The van der Waals surface area contributed by atoms with Gasteiger partial charge in [0, 0.05) is 0 Å². The molecule has 9 heteroatoms. The molecule has 1 aromatic rings. The van der Waals surface area contributed by atoms with Crippen LogP contribution in [0.4, 0.5) is 0 Å². The first-order chi connectivity index (χ1) is 23.3. The van der Waals surface area contributed by atoms with Crippen molar-refractivity contribution in [2.45, 2.75) is 173 Å². The summed E-state index contributed by atoms with van der Waals surface area (Å²) in [6.45, 7) is 4.55. The van der Waals surface area contributed by atoms with E-state index in [2.05, 4.69) is 26.0 Å². The molecule has 0 aromatic heterocycles. The maximum atomic E-state index is 12.9. The van der Waals surface area contributed by atoms with Crippen molar-refractivity contribution in [1.82, 2.24) is 0 Å². The van der Waals surface area contributed by atoms with Gasteiger partial charge in [0.25, 0.3) is 0 Å². The monoisotopic (exact) mass is 712 g/mol. The Morgan fingerprint density at radius 1 is 0.571 bits per heavy atom. The topological polar surface area (TPSA) is 110 Å². The van der Waals surface area contributed by atoms with E-state index in [4.69, 9.17) is 9.47 Å². The Morgan fingerprint density at radius 2 is 0.939 bits per heavy atom. The number of unbranched alkanes of at least 4 members (excludes halogenated alkanes) is 20. The van der Waals surface area contributed by atoms with Crippen LogP contribution >= 0.6 is 0 Å². The summed E-state index contributed by atoms with van der Waals surface area (Å²) in [4.78, 5) is 25.0. The van der Waals surface area contributed by atoms with Crippen molar-refractivity contribution in [3.8, 4) is 0 Å². The molecule has 0 aliphatic rings. The fourth-order valence-corrected chi connectivity index (χ4v) is 6.37.